The molecule has 0 fully saturated rings. The number of nitrogens with one attached hydrogen (secondary N) is 1. The van der Waals surface area contributed by atoms with E-state index in [1.54, 1.807) is 42.5 Å². The van der Waals surface area contributed by atoms with E-state index in [2.05, 4.69) is 15.4 Å². The van der Waals surface area contributed by atoms with E-state index < -0.39 is 11.9 Å². The van der Waals surface area contributed by atoms with Crippen LogP contribution in [0.15, 0.2) is 48.5 Å². The van der Waals surface area contributed by atoms with Crippen LogP contribution in [-0.4, -0.2) is 32.4 Å². The van der Waals surface area contributed by atoms with Crippen LogP contribution in [0.25, 0.3) is 22.4 Å². The van der Waals surface area contributed by atoms with Gasteiger partial charge >= 0.3 is 5.97 Å². The Morgan fingerprint density at radius 2 is 1.52 bits per heavy atom. The number of primary amides is 1. The highest BCUT2D eigenvalue weighted by molar-refractivity contribution is 6.02. The zero-order valence-corrected chi connectivity index (χ0v) is 11.9. The molecule has 1 aromatic heterocycles. The van der Waals surface area contributed by atoms with Gasteiger partial charge in [-0.05, 0) is 17.2 Å². The van der Waals surface area contributed by atoms with Crippen LogP contribution in [0.4, 0.5) is 0 Å². The summed E-state index contributed by atoms with van der Waals surface area (Å²) in [6.07, 6.45) is 0. The topological polar surface area (TPSA) is 122 Å². The fraction of sp³-hybridized carbons (Fsp3) is 0. The quantitative estimate of drug-likeness (QED) is 0.679. The van der Waals surface area contributed by atoms with Crippen LogP contribution < -0.4 is 5.73 Å². The van der Waals surface area contributed by atoms with Gasteiger partial charge in [0.25, 0.3) is 5.91 Å². The van der Waals surface area contributed by atoms with Gasteiger partial charge in [0.1, 0.15) is 5.69 Å². The first-order valence-corrected chi connectivity index (χ1v) is 6.72. The minimum atomic E-state index is -1.04. The lowest BCUT2D eigenvalue weighted by molar-refractivity contribution is 0.0697. The van der Waals surface area contributed by atoms with Crippen LogP contribution in [0.5, 0.6) is 0 Å². The van der Waals surface area contributed by atoms with Gasteiger partial charge < -0.3 is 10.8 Å². The van der Waals surface area contributed by atoms with Crippen molar-refractivity contribution < 1.29 is 14.7 Å². The minimum Gasteiger partial charge on any atom is -0.478 e. The molecule has 0 atom stereocenters. The Bertz CT molecular complexity index is 902. The first-order valence-electron chi connectivity index (χ1n) is 6.72. The largest absolute Gasteiger partial charge is 0.478 e. The summed E-state index contributed by atoms with van der Waals surface area (Å²) < 4.78 is 0. The van der Waals surface area contributed by atoms with Gasteiger partial charge in [-0.15, -0.1) is 0 Å². The smallest absolute Gasteiger partial charge is 0.336 e. The number of hydrogen-bond acceptors (Lipinski definition) is 4. The second-order valence-electron chi connectivity index (χ2n) is 4.78. The first kappa shape index (κ1) is 14.5. The number of amides is 1. The molecule has 2 aromatic carbocycles. The number of aromatic nitrogens is 3. The van der Waals surface area contributed by atoms with Crippen molar-refractivity contribution in [1.82, 2.24) is 15.4 Å². The molecule has 0 saturated carbocycles. The highest BCUT2D eigenvalue weighted by Gasteiger charge is 2.20. The number of hydrogen-bond donors (Lipinski definition) is 3. The van der Waals surface area contributed by atoms with Crippen molar-refractivity contribution >= 4 is 11.9 Å². The number of H-pyrrole nitrogens is 1. The van der Waals surface area contributed by atoms with Crippen molar-refractivity contribution in [3.8, 4) is 22.4 Å². The van der Waals surface area contributed by atoms with Crippen LogP contribution in [-0.2, 0) is 0 Å². The lowest BCUT2D eigenvalue weighted by Gasteiger charge is -2.10. The molecule has 0 bridgehead atoms. The van der Waals surface area contributed by atoms with E-state index in [0.29, 0.717) is 16.7 Å². The molecule has 114 valence electrons. The van der Waals surface area contributed by atoms with E-state index >= 15 is 0 Å². The normalized spacial score (nSPS) is 10.4. The number of carbonyl (C=O) groups excluding carboxylic acids is 1. The molecule has 0 saturated heterocycles. The fourth-order valence-electron chi connectivity index (χ4n) is 2.42. The van der Waals surface area contributed by atoms with Crippen molar-refractivity contribution in [3.05, 3.63) is 59.8 Å². The number of nitrogens with zero attached hydrogens (tertiary/aromatic N) is 2. The van der Waals surface area contributed by atoms with E-state index in [9.17, 15) is 14.7 Å². The van der Waals surface area contributed by atoms with E-state index in [1.807, 2.05) is 0 Å². The molecule has 0 unspecified atom stereocenters. The number of carbonyl (C=O) groups is 2. The predicted octanol–water partition coefficient (Wildman–Crippen LogP) is 1.94. The number of nitrogens with two attached hydrogens (primary N) is 1. The molecule has 7 nitrogen and oxygen atoms in total. The van der Waals surface area contributed by atoms with Crippen molar-refractivity contribution in [2.45, 2.75) is 0 Å². The van der Waals surface area contributed by atoms with Crippen LogP contribution in [0, 0.1) is 0 Å². The van der Waals surface area contributed by atoms with E-state index in [1.165, 1.54) is 6.07 Å². The summed E-state index contributed by atoms with van der Waals surface area (Å²) in [6.45, 7) is 0. The second kappa shape index (κ2) is 5.72. The van der Waals surface area contributed by atoms with Gasteiger partial charge in [-0.1, -0.05) is 42.5 Å². The Kier molecular flexibility index (Phi) is 3.60. The Labute approximate surface area is 130 Å². The van der Waals surface area contributed by atoms with Crippen LogP contribution in [0.3, 0.4) is 0 Å². The average molecular weight is 308 g/mol. The van der Waals surface area contributed by atoms with Gasteiger partial charge in [-0.3, -0.25) is 4.79 Å². The maximum Gasteiger partial charge on any atom is 0.336 e. The Morgan fingerprint density at radius 1 is 0.913 bits per heavy atom. The Hall–Kier alpha value is -3.48. The molecule has 7 heteroatoms. The van der Waals surface area contributed by atoms with Crippen molar-refractivity contribution in [2.24, 2.45) is 5.73 Å². The van der Waals surface area contributed by atoms with Crippen molar-refractivity contribution in [2.75, 3.05) is 0 Å². The molecule has 3 rings (SSSR count). The summed E-state index contributed by atoms with van der Waals surface area (Å²) in [5.74, 6) is -1.75. The Balaban J connectivity index is 2.26. The van der Waals surface area contributed by atoms with Crippen LogP contribution >= 0.6 is 0 Å². The summed E-state index contributed by atoms with van der Waals surface area (Å²) in [5.41, 5.74) is 7.48. The Morgan fingerprint density at radius 3 is 2.17 bits per heavy atom. The van der Waals surface area contributed by atoms with E-state index in [0.717, 1.165) is 0 Å². The lowest BCUT2D eigenvalue weighted by atomic mass is 9.93. The van der Waals surface area contributed by atoms with Gasteiger partial charge in [-0.2, -0.15) is 15.4 Å². The highest BCUT2D eigenvalue weighted by Crippen LogP contribution is 2.33. The molecule has 1 heterocycles. The monoisotopic (exact) mass is 308 g/mol. The second-order valence-corrected chi connectivity index (χ2v) is 4.78. The predicted molar refractivity (Wildman–Crippen MR) is 82.7 cm³/mol. The van der Waals surface area contributed by atoms with E-state index in [4.69, 9.17) is 5.73 Å². The molecule has 0 spiro atoms. The zero-order valence-electron chi connectivity index (χ0n) is 11.9. The van der Waals surface area contributed by atoms with Gasteiger partial charge in [0.15, 0.2) is 5.69 Å². The van der Waals surface area contributed by atoms with Gasteiger partial charge in [0.2, 0.25) is 0 Å². The summed E-state index contributed by atoms with van der Waals surface area (Å²) in [6, 6.07) is 13.7. The third-order valence-electron chi connectivity index (χ3n) is 3.41. The number of carboxylic acids is 1. The van der Waals surface area contributed by atoms with Crippen molar-refractivity contribution in [3.63, 3.8) is 0 Å². The molecule has 0 aliphatic carbocycles. The zero-order chi connectivity index (χ0) is 16.4. The van der Waals surface area contributed by atoms with Gasteiger partial charge in [0.05, 0.1) is 5.56 Å². The summed E-state index contributed by atoms with van der Waals surface area (Å²) in [7, 11) is 0. The number of carboxylic acid groups (broad SMARTS) is 1. The van der Waals surface area contributed by atoms with Crippen LogP contribution in [0.2, 0.25) is 0 Å². The molecule has 0 aliphatic rings. The molecular weight excluding hydrogens is 296 g/mol. The number of rotatable bonds is 4. The standard InChI is InChI=1S/C16H12N4O3/c17-15(21)14-13(18-20-19-14)11-7-3-1-5-9(11)10-6-2-4-8-12(10)16(22)23/h1-8H,(H2,17,21)(H,22,23)(H,18,19,20). The number of aromatic carboxylic acids is 1. The van der Waals surface area contributed by atoms with Gasteiger partial charge in [-0.25, -0.2) is 4.79 Å². The maximum atomic E-state index is 11.5. The van der Waals surface area contributed by atoms with Gasteiger partial charge in [0, 0.05) is 5.56 Å². The average Bonchev–Trinajstić information content (AvgIpc) is 3.04. The maximum absolute atomic E-state index is 11.5. The molecule has 1 amide bonds. The first-order chi connectivity index (χ1) is 11.1. The molecule has 4 N–H and O–H groups in total. The summed E-state index contributed by atoms with van der Waals surface area (Å²) >= 11 is 0. The van der Waals surface area contributed by atoms with E-state index in [-0.39, 0.29) is 17.0 Å². The third kappa shape index (κ3) is 2.55. The fourth-order valence-corrected chi connectivity index (χ4v) is 2.42. The molecular formula is C16H12N4O3. The number of benzene rings is 2. The van der Waals surface area contributed by atoms with Crippen molar-refractivity contribution in [1.29, 1.82) is 0 Å². The lowest BCUT2D eigenvalue weighted by Crippen LogP contribution is -2.13. The SMILES string of the molecule is NC(=O)c1n[nH]nc1-c1ccccc1-c1ccccc1C(=O)O. The molecule has 3 aromatic rings. The molecule has 23 heavy (non-hydrogen) atoms. The summed E-state index contributed by atoms with van der Waals surface area (Å²) in [5, 5.41) is 19.5. The highest BCUT2D eigenvalue weighted by atomic mass is 16.4. The summed E-state index contributed by atoms with van der Waals surface area (Å²) in [4.78, 5) is 22.9. The number of aromatic amines is 1. The molecule has 0 aliphatic heterocycles. The minimum absolute atomic E-state index is 0.00487. The van der Waals surface area contributed by atoms with Crippen LogP contribution in [0.1, 0.15) is 20.8 Å². The third-order valence-corrected chi connectivity index (χ3v) is 3.41. The molecule has 0 radical (unpaired) electrons.